The molecule has 17 heavy (non-hydrogen) atoms. The van der Waals surface area contributed by atoms with Crippen molar-refractivity contribution in [1.82, 2.24) is 15.3 Å². The van der Waals surface area contributed by atoms with Crippen molar-refractivity contribution >= 4 is 5.91 Å². The molecule has 3 N–H and O–H groups in total. The highest BCUT2D eigenvalue weighted by Gasteiger charge is 2.28. The van der Waals surface area contributed by atoms with Gasteiger partial charge in [0.05, 0.1) is 18.1 Å². The van der Waals surface area contributed by atoms with Gasteiger partial charge < -0.3 is 15.4 Å². The highest BCUT2D eigenvalue weighted by atomic mass is 16.3. The van der Waals surface area contributed by atoms with Gasteiger partial charge in [-0.15, -0.1) is 0 Å². The summed E-state index contributed by atoms with van der Waals surface area (Å²) in [5, 5.41) is 13.1. The van der Waals surface area contributed by atoms with Crippen molar-refractivity contribution in [2.45, 2.75) is 44.1 Å². The molecule has 1 heterocycles. The second-order valence-electron chi connectivity index (χ2n) is 4.79. The summed E-state index contributed by atoms with van der Waals surface area (Å²) in [6.07, 6.45) is 8.93. The molecular formula is C12H19N3O2. The molecule has 1 aromatic rings. The number of carbonyl (C=O) groups is 1. The summed E-state index contributed by atoms with van der Waals surface area (Å²) < 4.78 is 0. The lowest BCUT2D eigenvalue weighted by molar-refractivity contribution is 0.0246. The molecule has 0 saturated heterocycles. The van der Waals surface area contributed by atoms with Gasteiger partial charge in [-0.2, -0.15) is 0 Å². The number of nitrogens with zero attached hydrogens (tertiary/aromatic N) is 1. The highest BCUT2D eigenvalue weighted by molar-refractivity contribution is 5.91. The lowest BCUT2D eigenvalue weighted by atomic mass is 9.94. The predicted molar refractivity (Wildman–Crippen MR) is 63.6 cm³/mol. The molecular weight excluding hydrogens is 218 g/mol. The molecule has 0 radical (unpaired) electrons. The average molecular weight is 237 g/mol. The van der Waals surface area contributed by atoms with E-state index in [0.717, 1.165) is 25.7 Å². The fraction of sp³-hybridized carbons (Fsp3) is 0.667. The zero-order valence-electron chi connectivity index (χ0n) is 9.91. The van der Waals surface area contributed by atoms with E-state index < -0.39 is 5.60 Å². The number of imidazole rings is 1. The normalized spacial score (nSPS) is 19.6. The molecule has 5 nitrogen and oxygen atoms in total. The zero-order chi connectivity index (χ0) is 12.1. The Hall–Kier alpha value is -1.36. The van der Waals surface area contributed by atoms with Crippen LogP contribution in [-0.2, 0) is 0 Å². The van der Waals surface area contributed by atoms with Gasteiger partial charge in [-0.1, -0.05) is 25.7 Å². The quantitative estimate of drug-likeness (QED) is 0.692. The summed E-state index contributed by atoms with van der Waals surface area (Å²) in [4.78, 5) is 18.2. The third kappa shape index (κ3) is 3.30. The van der Waals surface area contributed by atoms with Crippen LogP contribution in [0.5, 0.6) is 0 Å². The first-order valence-corrected chi connectivity index (χ1v) is 6.19. The van der Waals surface area contributed by atoms with Gasteiger partial charge in [-0.05, 0) is 12.8 Å². The molecule has 5 heteroatoms. The maximum Gasteiger partial charge on any atom is 0.269 e. The maximum absolute atomic E-state index is 11.7. The Kier molecular flexibility index (Phi) is 3.78. The number of rotatable bonds is 3. The molecule has 1 aliphatic carbocycles. The summed E-state index contributed by atoms with van der Waals surface area (Å²) in [7, 11) is 0. The first-order chi connectivity index (χ1) is 8.20. The molecule has 0 atom stereocenters. The predicted octanol–water partition coefficient (Wildman–Crippen LogP) is 1.22. The highest BCUT2D eigenvalue weighted by Crippen LogP contribution is 2.26. The summed E-state index contributed by atoms with van der Waals surface area (Å²) in [6, 6.07) is 0. The van der Waals surface area contributed by atoms with Crippen molar-refractivity contribution in [1.29, 1.82) is 0 Å². The minimum Gasteiger partial charge on any atom is -0.388 e. The Morgan fingerprint density at radius 2 is 2.12 bits per heavy atom. The minimum absolute atomic E-state index is 0.208. The Labute approximate surface area is 101 Å². The van der Waals surface area contributed by atoms with Crippen LogP contribution >= 0.6 is 0 Å². The molecule has 0 aromatic carbocycles. The van der Waals surface area contributed by atoms with Crippen molar-refractivity contribution < 1.29 is 9.90 Å². The van der Waals surface area contributed by atoms with E-state index in [1.54, 1.807) is 0 Å². The van der Waals surface area contributed by atoms with E-state index in [9.17, 15) is 9.90 Å². The van der Waals surface area contributed by atoms with E-state index in [2.05, 4.69) is 15.3 Å². The van der Waals surface area contributed by atoms with Crippen LogP contribution in [0.25, 0.3) is 0 Å². The Bertz CT molecular complexity index is 354. The van der Waals surface area contributed by atoms with Crippen LogP contribution in [0.1, 0.15) is 49.0 Å². The molecule has 1 saturated carbocycles. The third-order valence-electron chi connectivity index (χ3n) is 3.36. The van der Waals surface area contributed by atoms with Gasteiger partial charge in [0.2, 0.25) is 0 Å². The van der Waals surface area contributed by atoms with Crippen molar-refractivity contribution in [3.05, 3.63) is 18.2 Å². The maximum atomic E-state index is 11.7. The number of H-pyrrole nitrogens is 1. The van der Waals surface area contributed by atoms with E-state index in [1.807, 2.05) is 0 Å². The number of nitrogens with one attached hydrogen (secondary N) is 2. The number of aromatic amines is 1. The second-order valence-corrected chi connectivity index (χ2v) is 4.79. The SMILES string of the molecule is O=C(NCC1(O)CCCCCC1)c1cnc[nH]1. The number of aliphatic hydroxyl groups is 1. The molecule has 1 aromatic heterocycles. The average Bonchev–Trinajstić information content (AvgIpc) is 2.77. The second kappa shape index (κ2) is 5.31. The van der Waals surface area contributed by atoms with E-state index in [-0.39, 0.29) is 5.91 Å². The third-order valence-corrected chi connectivity index (χ3v) is 3.36. The molecule has 0 unspecified atom stereocenters. The number of aromatic nitrogens is 2. The van der Waals surface area contributed by atoms with E-state index in [1.165, 1.54) is 25.4 Å². The lowest BCUT2D eigenvalue weighted by Gasteiger charge is -2.26. The van der Waals surface area contributed by atoms with Crippen LogP contribution in [0.2, 0.25) is 0 Å². The van der Waals surface area contributed by atoms with E-state index in [4.69, 9.17) is 0 Å². The van der Waals surface area contributed by atoms with Crippen molar-refractivity contribution in [3.63, 3.8) is 0 Å². The fourth-order valence-corrected chi connectivity index (χ4v) is 2.28. The molecule has 1 aliphatic rings. The number of amides is 1. The smallest absolute Gasteiger partial charge is 0.269 e. The van der Waals surface area contributed by atoms with Crippen LogP contribution in [0, 0.1) is 0 Å². The standard InChI is InChI=1S/C12H19N3O2/c16-11(10-7-13-9-15-10)14-8-12(17)5-3-1-2-4-6-12/h7,9,17H,1-6,8H2,(H,13,15)(H,14,16). The van der Waals surface area contributed by atoms with Gasteiger partial charge in [0.15, 0.2) is 0 Å². The Morgan fingerprint density at radius 3 is 2.71 bits per heavy atom. The van der Waals surface area contributed by atoms with Crippen molar-refractivity contribution in [2.75, 3.05) is 6.54 Å². The van der Waals surface area contributed by atoms with Crippen molar-refractivity contribution in [3.8, 4) is 0 Å². The number of hydrogen-bond donors (Lipinski definition) is 3. The minimum atomic E-state index is -0.730. The zero-order valence-corrected chi connectivity index (χ0v) is 9.91. The van der Waals surface area contributed by atoms with Crippen molar-refractivity contribution in [2.24, 2.45) is 0 Å². The molecule has 1 fully saturated rings. The van der Waals surface area contributed by atoms with Crippen LogP contribution in [0.3, 0.4) is 0 Å². The molecule has 0 aliphatic heterocycles. The summed E-state index contributed by atoms with van der Waals surface area (Å²) in [5.74, 6) is -0.208. The first-order valence-electron chi connectivity index (χ1n) is 6.19. The number of carbonyl (C=O) groups excluding carboxylic acids is 1. The van der Waals surface area contributed by atoms with Crippen LogP contribution < -0.4 is 5.32 Å². The van der Waals surface area contributed by atoms with Gasteiger partial charge in [0.1, 0.15) is 5.69 Å². The lowest BCUT2D eigenvalue weighted by Crippen LogP contribution is -2.42. The van der Waals surface area contributed by atoms with E-state index in [0.29, 0.717) is 12.2 Å². The number of hydrogen-bond acceptors (Lipinski definition) is 3. The molecule has 0 bridgehead atoms. The molecule has 0 spiro atoms. The fourth-order valence-electron chi connectivity index (χ4n) is 2.28. The Balaban J connectivity index is 1.86. The first kappa shape index (κ1) is 12.1. The van der Waals surface area contributed by atoms with Crippen LogP contribution in [0.15, 0.2) is 12.5 Å². The Morgan fingerprint density at radius 1 is 1.41 bits per heavy atom. The largest absolute Gasteiger partial charge is 0.388 e. The topological polar surface area (TPSA) is 78.0 Å². The monoisotopic (exact) mass is 237 g/mol. The van der Waals surface area contributed by atoms with Gasteiger partial charge >= 0.3 is 0 Å². The summed E-state index contributed by atoms with van der Waals surface area (Å²) in [6.45, 7) is 0.324. The summed E-state index contributed by atoms with van der Waals surface area (Å²) in [5.41, 5.74) is -0.297. The van der Waals surface area contributed by atoms with Crippen LogP contribution in [-0.4, -0.2) is 33.1 Å². The van der Waals surface area contributed by atoms with Gasteiger partial charge in [-0.3, -0.25) is 4.79 Å². The molecule has 2 rings (SSSR count). The van der Waals surface area contributed by atoms with Gasteiger partial charge in [0.25, 0.3) is 5.91 Å². The van der Waals surface area contributed by atoms with Gasteiger partial charge in [0, 0.05) is 6.54 Å². The molecule has 1 amide bonds. The van der Waals surface area contributed by atoms with E-state index >= 15 is 0 Å². The summed E-state index contributed by atoms with van der Waals surface area (Å²) >= 11 is 0. The van der Waals surface area contributed by atoms with Crippen LogP contribution in [0.4, 0.5) is 0 Å². The molecule has 94 valence electrons. The van der Waals surface area contributed by atoms with Gasteiger partial charge in [-0.25, -0.2) is 4.98 Å².